The van der Waals surface area contributed by atoms with Crippen molar-refractivity contribution in [1.82, 2.24) is 4.90 Å². The van der Waals surface area contributed by atoms with Crippen LogP contribution in [0.3, 0.4) is 0 Å². The van der Waals surface area contributed by atoms with E-state index >= 15 is 0 Å². The van der Waals surface area contributed by atoms with Crippen molar-refractivity contribution < 1.29 is 5.11 Å². The zero-order valence-electron chi connectivity index (χ0n) is 13.1. The topological polar surface area (TPSA) is 23.5 Å². The van der Waals surface area contributed by atoms with Gasteiger partial charge in [0.2, 0.25) is 0 Å². The number of β-amino-alcohol motifs (C(OH)–C–C–N with tert-alkyl or cyclic N) is 1. The van der Waals surface area contributed by atoms with Gasteiger partial charge in [-0.05, 0) is 43.4 Å². The van der Waals surface area contributed by atoms with Crippen LogP contribution in [-0.4, -0.2) is 35.2 Å². The average molecular weight is 295 g/mol. The number of rotatable bonds is 6. The number of likely N-dealkylation sites (tertiary alicyclic amines) is 1. The van der Waals surface area contributed by atoms with Crippen LogP contribution in [-0.2, 0) is 12.8 Å². The average Bonchev–Trinajstić information content (AvgIpc) is 2.96. The molecule has 116 valence electrons. The lowest BCUT2D eigenvalue weighted by molar-refractivity contribution is 0.106. The highest BCUT2D eigenvalue weighted by atomic mass is 16.3. The normalized spacial score (nSPS) is 20.1. The highest BCUT2D eigenvalue weighted by Gasteiger charge is 2.26. The molecule has 0 aromatic heterocycles. The standard InChI is InChI=1S/C20H25NO/c22-20(15-18-10-5-2-6-11-18)16-21-13-7-12-19(21)14-17-8-3-1-4-9-17/h1-6,8-11,19-20,22H,7,12-16H2. The Morgan fingerprint density at radius 3 is 2.27 bits per heavy atom. The molecule has 2 aromatic rings. The Kier molecular flexibility index (Phi) is 5.25. The Morgan fingerprint density at radius 2 is 1.59 bits per heavy atom. The Labute approximate surface area is 133 Å². The van der Waals surface area contributed by atoms with E-state index in [2.05, 4.69) is 47.4 Å². The second-order valence-corrected chi connectivity index (χ2v) is 6.32. The molecule has 0 amide bonds. The second-order valence-electron chi connectivity index (χ2n) is 6.32. The van der Waals surface area contributed by atoms with Gasteiger partial charge in [-0.1, -0.05) is 60.7 Å². The molecule has 2 atom stereocenters. The van der Waals surface area contributed by atoms with Crippen molar-refractivity contribution >= 4 is 0 Å². The number of hydrogen-bond donors (Lipinski definition) is 1. The van der Waals surface area contributed by atoms with Gasteiger partial charge in [-0.25, -0.2) is 0 Å². The molecule has 2 nitrogen and oxygen atoms in total. The fourth-order valence-corrected chi connectivity index (χ4v) is 3.47. The van der Waals surface area contributed by atoms with E-state index in [0.717, 1.165) is 25.9 Å². The number of hydrogen-bond acceptors (Lipinski definition) is 2. The van der Waals surface area contributed by atoms with Crippen molar-refractivity contribution in [3.63, 3.8) is 0 Å². The maximum Gasteiger partial charge on any atom is 0.0707 e. The van der Waals surface area contributed by atoms with E-state index in [0.29, 0.717) is 6.04 Å². The third kappa shape index (κ3) is 4.19. The third-order valence-corrected chi connectivity index (χ3v) is 4.57. The molecule has 0 aliphatic carbocycles. The number of nitrogens with zero attached hydrogens (tertiary/aromatic N) is 1. The van der Waals surface area contributed by atoms with Crippen molar-refractivity contribution in [3.8, 4) is 0 Å². The first-order valence-corrected chi connectivity index (χ1v) is 8.31. The lowest BCUT2D eigenvalue weighted by atomic mass is 10.0. The monoisotopic (exact) mass is 295 g/mol. The maximum atomic E-state index is 10.4. The lowest BCUT2D eigenvalue weighted by Gasteiger charge is -2.27. The fourth-order valence-electron chi connectivity index (χ4n) is 3.47. The Bertz CT molecular complexity index is 554. The van der Waals surface area contributed by atoms with Crippen LogP contribution in [0, 0.1) is 0 Å². The highest BCUT2D eigenvalue weighted by Crippen LogP contribution is 2.21. The minimum absolute atomic E-state index is 0.279. The van der Waals surface area contributed by atoms with Gasteiger partial charge in [0.1, 0.15) is 0 Å². The van der Waals surface area contributed by atoms with E-state index < -0.39 is 0 Å². The van der Waals surface area contributed by atoms with E-state index in [9.17, 15) is 5.11 Å². The smallest absolute Gasteiger partial charge is 0.0707 e. The summed E-state index contributed by atoms with van der Waals surface area (Å²) >= 11 is 0. The molecule has 1 fully saturated rings. The van der Waals surface area contributed by atoms with Gasteiger partial charge in [-0.2, -0.15) is 0 Å². The van der Waals surface area contributed by atoms with E-state index in [-0.39, 0.29) is 6.10 Å². The molecule has 0 saturated carbocycles. The largest absolute Gasteiger partial charge is 0.391 e. The van der Waals surface area contributed by atoms with Gasteiger partial charge in [0.05, 0.1) is 6.10 Å². The molecule has 2 unspecified atom stereocenters. The molecule has 0 bridgehead atoms. The zero-order chi connectivity index (χ0) is 15.2. The summed E-state index contributed by atoms with van der Waals surface area (Å²) in [4.78, 5) is 2.47. The van der Waals surface area contributed by atoms with Crippen molar-refractivity contribution in [2.24, 2.45) is 0 Å². The van der Waals surface area contributed by atoms with Crippen molar-refractivity contribution in [1.29, 1.82) is 0 Å². The number of aliphatic hydroxyl groups is 1. The van der Waals surface area contributed by atoms with E-state index in [1.807, 2.05) is 18.2 Å². The Balaban J connectivity index is 1.54. The first-order valence-electron chi connectivity index (χ1n) is 8.31. The van der Waals surface area contributed by atoms with Crippen LogP contribution in [0.25, 0.3) is 0 Å². The van der Waals surface area contributed by atoms with Gasteiger partial charge in [-0.15, -0.1) is 0 Å². The lowest BCUT2D eigenvalue weighted by Crippen LogP contribution is -2.38. The molecule has 22 heavy (non-hydrogen) atoms. The number of benzene rings is 2. The van der Waals surface area contributed by atoms with E-state index in [1.165, 1.54) is 24.0 Å². The van der Waals surface area contributed by atoms with Gasteiger partial charge >= 0.3 is 0 Å². The summed E-state index contributed by atoms with van der Waals surface area (Å²) in [7, 11) is 0. The summed E-state index contributed by atoms with van der Waals surface area (Å²) in [5.74, 6) is 0. The van der Waals surface area contributed by atoms with Crippen LogP contribution in [0.2, 0.25) is 0 Å². The second kappa shape index (κ2) is 7.57. The molecule has 0 radical (unpaired) electrons. The van der Waals surface area contributed by atoms with Crippen LogP contribution in [0.1, 0.15) is 24.0 Å². The molecule has 1 aliphatic heterocycles. The van der Waals surface area contributed by atoms with Crippen LogP contribution < -0.4 is 0 Å². The van der Waals surface area contributed by atoms with E-state index in [1.54, 1.807) is 0 Å². The summed E-state index contributed by atoms with van der Waals surface area (Å²) in [6.45, 7) is 1.90. The summed E-state index contributed by atoms with van der Waals surface area (Å²) in [5.41, 5.74) is 2.62. The minimum Gasteiger partial charge on any atom is -0.391 e. The molecule has 0 spiro atoms. The molecular weight excluding hydrogens is 270 g/mol. The molecule has 3 rings (SSSR count). The predicted octanol–water partition coefficient (Wildman–Crippen LogP) is 3.30. The molecule has 1 N–H and O–H groups in total. The molecule has 2 aromatic carbocycles. The van der Waals surface area contributed by atoms with Crippen molar-refractivity contribution in [2.75, 3.05) is 13.1 Å². The summed E-state index contributed by atoms with van der Waals surface area (Å²) < 4.78 is 0. The quantitative estimate of drug-likeness (QED) is 0.884. The highest BCUT2D eigenvalue weighted by molar-refractivity contribution is 5.17. The van der Waals surface area contributed by atoms with Crippen LogP contribution in [0.5, 0.6) is 0 Å². The van der Waals surface area contributed by atoms with Crippen LogP contribution in [0.4, 0.5) is 0 Å². The van der Waals surface area contributed by atoms with Gasteiger partial charge in [0, 0.05) is 12.6 Å². The van der Waals surface area contributed by atoms with Gasteiger partial charge < -0.3 is 5.11 Å². The van der Waals surface area contributed by atoms with E-state index in [4.69, 9.17) is 0 Å². The zero-order valence-corrected chi connectivity index (χ0v) is 13.1. The molecule has 1 aliphatic rings. The number of aliphatic hydroxyl groups excluding tert-OH is 1. The fraction of sp³-hybridized carbons (Fsp3) is 0.400. The maximum absolute atomic E-state index is 10.4. The molecular formula is C20H25NO. The summed E-state index contributed by atoms with van der Waals surface area (Å²) in [6.07, 6.45) is 4.05. The Hall–Kier alpha value is -1.64. The van der Waals surface area contributed by atoms with Crippen molar-refractivity contribution in [3.05, 3.63) is 71.8 Å². The predicted molar refractivity (Wildman–Crippen MR) is 90.9 cm³/mol. The minimum atomic E-state index is -0.279. The third-order valence-electron chi connectivity index (χ3n) is 4.57. The molecule has 1 heterocycles. The van der Waals surface area contributed by atoms with Crippen molar-refractivity contribution in [2.45, 2.75) is 37.8 Å². The Morgan fingerprint density at radius 1 is 0.955 bits per heavy atom. The van der Waals surface area contributed by atoms with Gasteiger partial charge in [0.25, 0.3) is 0 Å². The summed E-state index contributed by atoms with van der Waals surface area (Å²) in [5, 5.41) is 10.4. The van der Waals surface area contributed by atoms with Crippen LogP contribution in [0.15, 0.2) is 60.7 Å². The molecule has 1 saturated heterocycles. The first kappa shape index (κ1) is 15.3. The van der Waals surface area contributed by atoms with Crippen LogP contribution >= 0.6 is 0 Å². The SMILES string of the molecule is OC(Cc1ccccc1)CN1CCCC1Cc1ccccc1. The first-order chi connectivity index (χ1) is 10.8. The van der Waals surface area contributed by atoms with Gasteiger partial charge in [0.15, 0.2) is 0 Å². The molecule has 2 heteroatoms. The van der Waals surface area contributed by atoms with Gasteiger partial charge in [-0.3, -0.25) is 4.90 Å². The summed E-state index contributed by atoms with van der Waals surface area (Å²) in [6, 6.07) is 21.6.